The maximum atomic E-state index is 12.9. The van der Waals surface area contributed by atoms with Crippen molar-refractivity contribution in [1.29, 1.82) is 0 Å². The molecule has 0 aromatic carbocycles. The highest BCUT2D eigenvalue weighted by molar-refractivity contribution is 7.47. The van der Waals surface area contributed by atoms with E-state index in [4.69, 9.17) is 18.5 Å². The van der Waals surface area contributed by atoms with Gasteiger partial charge in [0.05, 0.1) is 27.7 Å². The summed E-state index contributed by atoms with van der Waals surface area (Å²) < 4.78 is 34.8. The Morgan fingerprint density at radius 3 is 0.924 bits per heavy atom. The van der Waals surface area contributed by atoms with E-state index in [0.717, 1.165) is 116 Å². The zero-order chi connectivity index (χ0) is 66.9. The van der Waals surface area contributed by atoms with Gasteiger partial charge >= 0.3 is 19.8 Å². The molecule has 0 heterocycles. The van der Waals surface area contributed by atoms with E-state index in [0.29, 0.717) is 17.4 Å². The van der Waals surface area contributed by atoms with Crippen molar-refractivity contribution in [2.75, 3.05) is 47.5 Å². The zero-order valence-corrected chi connectivity index (χ0v) is 61.1. The molecule has 528 valence electrons. The molecule has 0 amide bonds. The number of carbonyl (C=O) groups is 2. The number of esters is 2. The Labute approximate surface area is 568 Å². The van der Waals surface area contributed by atoms with Gasteiger partial charge < -0.3 is 18.9 Å². The molecule has 9 nitrogen and oxygen atoms in total. The van der Waals surface area contributed by atoms with Gasteiger partial charge in [0, 0.05) is 12.8 Å². The first-order valence-corrected chi connectivity index (χ1v) is 39.4. The molecule has 92 heavy (non-hydrogen) atoms. The second-order valence-electron chi connectivity index (χ2n) is 26.3. The number of carbonyl (C=O) groups excluding carboxylic acids is 2. The third-order valence-electron chi connectivity index (χ3n) is 16.2. The van der Waals surface area contributed by atoms with Crippen molar-refractivity contribution in [3.05, 3.63) is 134 Å². The minimum absolute atomic E-state index is 0.0250. The molecule has 0 saturated heterocycles. The van der Waals surface area contributed by atoms with Crippen LogP contribution in [0.5, 0.6) is 0 Å². The van der Waals surface area contributed by atoms with Gasteiger partial charge in [0.15, 0.2) is 6.10 Å². The molecule has 0 aliphatic rings. The smallest absolute Gasteiger partial charge is 0.462 e. The van der Waals surface area contributed by atoms with E-state index in [1.54, 1.807) is 0 Å². The Balaban J connectivity index is 4.08. The SMILES string of the molecule is CC/C=C\C/C=C\C/C=C\C/C=C\C/C=C\C/C=C\C/C=C\C/C=C\C/C=C\C/C=C\C/C=C\CCCCCCCCCC(=O)OC(COC(=O)CCCCCCCCCCCCCCCCCCCCCCCCCCCCC)COP(=O)(O)OCC[N+](C)(C)C. The lowest BCUT2D eigenvalue weighted by atomic mass is 10.0. The quantitative estimate of drug-likeness (QED) is 0.0211. The van der Waals surface area contributed by atoms with Crippen LogP contribution in [0, 0.1) is 0 Å². The van der Waals surface area contributed by atoms with Gasteiger partial charge in [-0.25, -0.2) is 4.57 Å². The van der Waals surface area contributed by atoms with Crippen molar-refractivity contribution in [2.45, 2.75) is 328 Å². The Bertz CT molecular complexity index is 2020. The van der Waals surface area contributed by atoms with Gasteiger partial charge in [0.2, 0.25) is 0 Å². The molecule has 0 aliphatic heterocycles. The first kappa shape index (κ1) is 88.2. The summed E-state index contributed by atoms with van der Waals surface area (Å²) in [4.78, 5) is 35.9. The van der Waals surface area contributed by atoms with Crippen LogP contribution in [0.2, 0.25) is 0 Å². The van der Waals surface area contributed by atoms with Crippen LogP contribution in [-0.4, -0.2) is 74.9 Å². The molecule has 0 rings (SSSR count). The summed E-state index contributed by atoms with van der Waals surface area (Å²) in [5.41, 5.74) is 0. The molecule has 0 aromatic heterocycles. The van der Waals surface area contributed by atoms with Crippen LogP contribution in [0.1, 0.15) is 322 Å². The van der Waals surface area contributed by atoms with E-state index in [-0.39, 0.29) is 32.0 Å². The predicted octanol–water partition coefficient (Wildman–Crippen LogP) is 25.2. The first-order chi connectivity index (χ1) is 45.0. The van der Waals surface area contributed by atoms with Crippen molar-refractivity contribution in [3.63, 3.8) is 0 Å². The fourth-order valence-corrected chi connectivity index (χ4v) is 11.2. The standard InChI is InChI=1S/C82H142NO8P/c1-6-8-10-12-14-16-18-20-22-24-26-28-30-32-34-35-36-37-38-39-40-41-42-43-44-45-46-47-49-51-53-55-57-59-61-63-65-67-69-71-73-75-82(85)91-80(79-90-92(86,87)89-77-76-83(3,4)5)78-88-81(84)74-72-70-68-66-64-62-60-58-56-54-52-50-48-33-31-29-27-25-23-21-19-17-15-13-11-9-7-2/h8,10,14,16,20,22,26,28,32,34,36-37,39-40,42-43,45-46,49,51,55,57,80H,6-7,9,11-13,15,17-19,21,23-25,27,29-31,33,35,38,41,44,47-48,50,52-54,56,58-79H2,1-5H3/p+1/b10-8-,16-14-,22-20-,28-26-,34-32-,37-36-,40-39-,43-42-,46-45-,51-49-,57-55-. The molecule has 0 aliphatic carbocycles. The topological polar surface area (TPSA) is 108 Å². The first-order valence-electron chi connectivity index (χ1n) is 37.9. The monoisotopic (exact) mass is 1300 g/mol. The highest BCUT2D eigenvalue weighted by Crippen LogP contribution is 2.43. The number of likely N-dealkylation sites (N-methyl/N-ethyl adjacent to an activating group) is 1. The lowest BCUT2D eigenvalue weighted by Crippen LogP contribution is -2.37. The van der Waals surface area contributed by atoms with Crippen molar-refractivity contribution in [2.24, 2.45) is 0 Å². The summed E-state index contributed by atoms with van der Waals surface area (Å²) in [5, 5.41) is 0. The minimum atomic E-state index is -4.40. The third-order valence-corrected chi connectivity index (χ3v) is 17.2. The fraction of sp³-hybridized carbons (Fsp3) is 0.707. The second kappa shape index (κ2) is 71.4. The van der Waals surface area contributed by atoms with Crippen LogP contribution in [0.15, 0.2) is 134 Å². The maximum absolute atomic E-state index is 12.9. The maximum Gasteiger partial charge on any atom is 0.472 e. The molecule has 10 heteroatoms. The van der Waals surface area contributed by atoms with Gasteiger partial charge in [-0.3, -0.25) is 18.6 Å². The van der Waals surface area contributed by atoms with Gasteiger partial charge in [-0.15, -0.1) is 0 Å². The Hall–Kier alpha value is -3.85. The van der Waals surface area contributed by atoms with Gasteiger partial charge in [0.25, 0.3) is 0 Å². The number of nitrogens with zero attached hydrogens (tertiary/aromatic N) is 1. The fourth-order valence-electron chi connectivity index (χ4n) is 10.4. The third kappa shape index (κ3) is 75.2. The molecule has 0 fully saturated rings. The average Bonchev–Trinajstić information content (AvgIpc) is 2.23. The second-order valence-corrected chi connectivity index (χ2v) is 27.8. The predicted molar refractivity (Wildman–Crippen MR) is 399 cm³/mol. The van der Waals surface area contributed by atoms with Crippen LogP contribution in [0.4, 0.5) is 0 Å². The molecule has 0 spiro atoms. The molecule has 0 saturated carbocycles. The molecule has 2 unspecified atom stereocenters. The lowest BCUT2D eigenvalue weighted by Gasteiger charge is -2.24. The normalized spacial score (nSPS) is 13.8. The summed E-state index contributed by atoms with van der Waals surface area (Å²) >= 11 is 0. The average molecular weight is 1300 g/mol. The molecule has 1 N–H and O–H groups in total. The van der Waals surface area contributed by atoms with E-state index in [2.05, 4.69) is 148 Å². The van der Waals surface area contributed by atoms with Crippen LogP contribution in [0.25, 0.3) is 0 Å². The summed E-state index contributed by atoms with van der Waals surface area (Å²) in [6.07, 6.45) is 104. The van der Waals surface area contributed by atoms with Crippen molar-refractivity contribution < 1.29 is 42.1 Å². The largest absolute Gasteiger partial charge is 0.472 e. The van der Waals surface area contributed by atoms with Crippen molar-refractivity contribution in [3.8, 4) is 0 Å². The van der Waals surface area contributed by atoms with Gasteiger partial charge in [-0.1, -0.05) is 347 Å². The van der Waals surface area contributed by atoms with E-state index < -0.39 is 26.5 Å². The molecule has 2 atom stereocenters. The summed E-state index contributed by atoms with van der Waals surface area (Å²) in [6.45, 7) is 4.34. The number of quaternary nitrogens is 1. The molecule has 0 radical (unpaired) electrons. The van der Waals surface area contributed by atoms with E-state index in [9.17, 15) is 19.0 Å². The molecular weight excluding hydrogens is 1160 g/mol. The summed E-state index contributed by atoms with van der Waals surface area (Å²) in [6, 6.07) is 0. The van der Waals surface area contributed by atoms with E-state index >= 15 is 0 Å². The van der Waals surface area contributed by atoms with Gasteiger partial charge in [-0.05, 0) is 96.3 Å². The Kier molecular flexibility index (Phi) is 68.5. The number of hydrogen-bond donors (Lipinski definition) is 1. The minimum Gasteiger partial charge on any atom is -0.462 e. The number of hydrogen-bond acceptors (Lipinski definition) is 7. The highest BCUT2D eigenvalue weighted by atomic mass is 31.2. The van der Waals surface area contributed by atoms with Crippen molar-refractivity contribution >= 4 is 19.8 Å². The number of unbranched alkanes of at least 4 members (excludes halogenated alkanes) is 33. The van der Waals surface area contributed by atoms with Crippen LogP contribution >= 0.6 is 7.82 Å². The number of ether oxygens (including phenoxy) is 2. The lowest BCUT2D eigenvalue weighted by molar-refractivity contribution is -0.870. The number of rotatable bonds is 69. The van der Waals surface area contributed by atoms with Crippen LogP contribution < -0.4 is 0 Å². The molecule has 0 bridgehead atoms. The number of phosphoric acid groups is 1. The Morgan fingerprint density at radius 2 is 0.620 bits per heavy atom. The molecule has 0 aromatic rings. The zero-order valence-electron chi connectivity index (χ0n) is 60.2. The van der Waals surface area contributed by atoms with Crippen LogP contribution in [-0.2, 0) is 32.7 Å². The van der Waals surface area contributed by atoms with Gasteiger partial charge in [-0.2, -0.15) is 0 Å². The van der Waals surface area contributed by atoms with E-state index in [1.807, 2.05) is 21.1 Å². The highest BCUT2D eigenvalue weighted by Gasteiger charge is 2.27. The molecular formula is C82H143NO8P+. The van der Waals surface area contributed by atoms with Gasteiger partial charge in [0.1, 0.15) is 19.8 Å². The summed E-state index contributed by atoms with van der Waals surface area (Å²) in [7, 11) is 1.47. The van der Waals surface area contributed by atoms with Crippen molar-refractivity contribution in [1.82, 2.24) is 0 Å². The Morgan fingerprint density at radius 1 is 0.348 bits per heavy atom. The number of allylic oxidation sites excluding steroid dienone is 22. The van der Waals surface area contributed by atoms with E-state index in [1.165, 1.54) is 173 Å². The van der Waals surface area contributed by atoms with Crippen LogP contribution in [0.3, 0.4) is 0 Å². The number of phosphoric ester groups is 1. The summed E-state index contributed by atoms with van der Waals surface area (Å²) in [5.74, 6) is -0.805.